The second-order valence-electron chi connectivity index (χ2n) is 7.08. The molecule has 20 heavy (non-hydrogen) atoms. The molecule has 2 saturated heterocycles. The van der Waals surface area contributed by atoms with Gasteiger partial charge in [0.25, 0.3) is 0 Å². The number of likely N-dealkylation sites (tertiary alicyclic amines) is 1. The van der Waals surface area contributed by atoms with Gasteiger partial charge in [0.2, 0.25) is 0 Å². The van der Waals surface area contributed by atoms with Crippen LogP contribution in [0.4, 0.5) is 0 Å². The maximum Gasteiger partial charge on any atom is 0.00533 e. The maximum atomic E-state index is 3.58. The molecule has 3 rings (SSSR count). The van der Waals surface area contributed by atoms with Gasteiger partial charge in [-0.1, -0.05) is 44.2 Å². The number of nitrogens with zero attached hydrogens (tertiary/aromatic N) is 1. The van der Waals surface area contributed by atoms with Gasteiger partial charge in [0.05, 0.1) is 0 Å². The van der Waals surface area contributed by atoms with Gasteiger partial charge in [0.1, 0.15) is 0 Å². The first-order valence-electron chi connectivity index (χ1n) is 8.18. The van der Waals surface area contributed by atoms with Crippen LogP contribution in [-0.2, 0) is 0 Å². The van der Waals surface area contributed by atoms with Crippen molar-refractivity contribution in [2.45, 2.75) is 32.6 Å². The van der Waals surface area contributed by atoms with E-state index in [2.05, 4.69) is 54.4 Å². The zero-order valence-electron chi connectivity index (χ0n) is 12.9. The zero-order chi connectivity index (χ0) is 14.0. The molecule has 0 amide bonds. The van der Waals surface area contributed by atoms with Crippen LogP contribution in [0.25, 0.3) is 0 Å². The molecule has 110 valence electrons. The quantitative estimate of drug-likeness (QED) is 0.906. The molecular weight excluding hydrogens is 244 g/mol. The van der Waals surface area contributed by atoms with Crippen LogP contribution in [0, 0.1) is 11.3 Å². The van der Waals surface area contributed by atoms with Crippen LogP contribution in [0.5, 0.6) is 0 Å². The van der Waals surface area contributed by atoms with E-state index >= 15 is 0 Å². The Morgan fingerprint density at radius 3 is 2.75 bits per heavy atom. The Labute approximate surface area is 123 Å². The van der Waals surface area contributed by atoms with E-state index in [1.54, 1.807) is 0 Å². The summed E-state index contributed by atoms with van der Waals surface area (Å²) >= 11 is 0. The van der Waals surface area contributed by atoms with Gasteiger partial charge in [-0.25, -0.2) is 0 Å². The van der Waals surface area contributed by atoms with Gasteiger partial charge in [-0.2, -0.15) is 0 Å². The first kappa shape index (κ1) is 14.1. The van der Waals surface area contributed by atoms with Crippen molar-refractivity contribution in [3.8, 4) is 0 Å². The minimum Gasteiger partial charge on any atom is -0.316 e. The summed E-state index contributed by atoms with van der Waals surface area (Å²) in [5.74, 6) is 1.52. The predicted molar refractivity (Wildman–Crippen MR) is 85.0 cm³/mol. The van der Waals surface area contributed by atoms with E-state index in [1.165, 1.54) is 51.1 Å². The Kier molecular flexibility index (Phi) is 4.13. The lowest BCUT2D eigenvalue weighted by molar-refractivity contribution is 0.134. The Bertz CT molecular complexity index is 420. The Balaban J connectivity index is 1.63. The molecule has 2 aliphatic rings. The SMILES string of the molecule is CC(C)C1(CN2CCC(c3ccccc3)C2)CCNC1. The average Bonchev–Trinajstić information content (AvgIpc) is 3.10. The van der Waals surface area contributed by atoms with E-state index in [0.717, 1.165) is 11.8 Å². The molecule has 2 nitrogen and oxygen atoms in total. The molecule has 2 heteroatoms. The van der Waals surface area contributed by atoms with E-state index in [-0.39, 0.29) is 0 Å². The molecular formula is C18H28N2. The molecule has 0 spiro atoms. The van der Waals surface area contributed by atoms with E-state index in [0.29, 0.717) is 5.41 Å². The highest BCUT2D eigenvalue weighted by molar-refractivity contribution is 5.21. The van der Waals surface area contributed by atoms with Crippen molar-refractivity contribution >= 4 is 0 Å². The fraction of sp³-hybridized carbons (Fsp3) is 0.667. The van der Waals surface area contributed by atoms with Crippen LogP contribution in [-0.4, -0.2) is 37.6 Å². The molecule has 0 aromatic heterocycles. The normalized spacial score (nSPS) is 31.2. The van der Waals surface area contributed by atoms with Crippen molar-refractivity contribution in [2.75, 3.05) is 32.7 Å². The first-order chi connectivity index (χ1) is 9.70. The van der Waals surface area contributed by atoms with Crippen molar-refractivity contribution in [1.82, 2.24) is 10.2 Å². The van der Waals surface area contributed by atoms with Gasteiger partial charge in [0, 0.05) is 19.6 Å². The lowest BCUT2D eigenvalue weighted by Gasteiger charge is -2.36. The standard InChI is InChI=1S/C18H28N2/c1-15(2)18(9-10-19-13-18)14-20-11-8-17(12-20)16-6-4-3-5-7-16/h3-7,15,17,19H,8-14H2,1-2H3. The molecule has 1 aromatic carbocycles. The monoisotopic (exact) mass is 272 g/mol. The van der Waals surface area contributed by atoms with Crippen molar-refractivity contribution in [2.24, 2.45) is 11.3 Å². The van der Waals surface area contributed by atoms with Crippen LogP contribution in [0.1, 0.15) is 38.2 Å². The van der Waals surface area contributed by atoms with Gasteiger partial charge in [-0.05, 0) is 48.7 Å². The summed E-state index contributed by atoms with van der Waals surface area (Å²) < 4.78 is 0. The van der Waals surface area contributed by atoms with Gasteiger partial charge in [-0.3, -0.25) is 0 Å². The van der Waals surface area contributed by atoms with Crippen LogP contribution < -0.4 is 5.32 Å². The summed E-state index contributed by atoms with van der Waals surface area (Å²) in [5, 5.41) is 3.58. The predicted octanol–water partition coefficient (Wildman–Crippen LogP) is 3.11. The summed E-state index contributed by atoms with van der Waals surface area (Å²) in [6.45, 7) is 11.0. The minimum atomic E-state index is 0.506. The number of hydrogen-bond donors (Lipinski definition) is 1. The third kappa shape index (κ3) is 2.77. The molecule has 2 aliphatic heterocycles. The lowest BCUT2D eigenvalue weighted by atomic mass is 9.76. The van der Waals surface area contributed by atoms with Gasteiger partial charge in [-0.15, -0.1) is 0 Å². The molecule has 1 aromatic rings. The smallest absolute Gasteiger partial charge is 0.00533 e. The third-order valence-corrected chi connectivity index (χ3v) is 5.58. The molecule has 0 bridgehead atoms. The topological polar surface area (TPSA) is 15.3 Å². The fourth-order valence-corrected chi connectivity index (χ4v) is 3.99. The number of rotatable bonds is 4. The Morgan fingerprint density at radius 2 is 2.10 bits per heavy atom. The number of hydrogen-bond acceptors (Lipinski definition) is 2. The van der Waals surface area contributed by atoms with Crippen molar-refractivity contribution in [3.05, 3.63) is 35.9 Å². The molecule has 0 aliphatic carbocycles. The lowest BCUT2D eigenvalue weighted by Crippen LogP contribution is -2.41. The summed E-state index contributed by atoms with van der Waals surface area (Å²) in [7, 11) is 0. The summed E-state index contributed by atoms with van der Waals surface area (Å²) in [4.78, 5) is 2.71. The number of benzene rings is 1. The van der Waals surface area contributed by atoms with E-state index < -0.39 is 0 Å². The highest BCUT2D eigenvalue weighted by Crippen LogP contribution is 2.37. The second kappa shape index (κ2) is 5.87. The Hall–Kier alpha value is -0.860. The van der Waals surface area contributed by atoms with E-state index in [9.17, 15) is 0 Å². The van der Waals surface area contributed by atoms with Gasteiger partial charge < -0.3 is 10.2 Å². The first-order valence-corrected chi connectivity index (χ1v) is 8.18. The zero-order valence-corrected chi connectivity index (χ0v) is 12.9. The molecule has 0 radical (unpaired) electrons. The summed E-state index contributed by atoms with van der Waals surface area (Å²) in [6, 6.07) is 11.1. The maximum absolute atomic E-state index is 3.58. The van der Waals surface area contributed by atoms with Crippen molar-refractivity contribution in [3.63, 3.8) is 0 Å². The minimum absolute atomic E-state index is 0.506. The molecule has 2 heterocycles. The molecule has 2 unspecified atom stereocenters. The highest BCUT2D eigenvalue weighted by Gasteiger charge is 2.39. The van der Waals surface area contributed by atoms with Crippen LogP contribution in [0.3, 0.4) is 0 Å². The van der Waals surface area contributed by atoms with Crippen LogP contribution in [0.15, 0.2) is 30.3 Å². The second-order valence-corrected chi connectivity index (χ2v) is 7.08. The fourth-order valence-electron chi connectivity index (χ4n) is 3.99. The third-order valence-electron chi connectivity index (χ3n) is 5.58. The largest absolute Gasteiger partial charge is 0.316 e. The average molecular weight is 272 g/mol. The van der Waals surface area contributed by atoms with Crippen molar-refractivity contribution < 1.29 is 0 Å². The number of nitrogens with one attached hydrogen (secondary N) is 1. The van der Waals surface area contributed by atoms with Gasteiger partial charge in [0.15, 0.2) is 0 Å². The van der Waals surface area contributed by atoms with Crippen LogP contribution >= 0.6 is 0 Å². The molecule has 0 saturated carbocycles. The van der Waals surface area contributed by atoms with E-state index in [4.69, 9.17) is 0 Å². The molecule has 1 N–H and O–H groups in total. The molecule has 2 atom stereocenters. The van der Waals surface area contributed by atoms with Gasteiger partial charge >= 0.3 is 0 Å². The highest BCUT2D eigenvalue weighted by atomic mass is 15.2. The van der Waals surface area contributed by atoms with Crippen molar-refractivity contribution in [1.29, 1.82) is 0 Å². The summed E-state index contributed by atoms with van der Waals surface area (Å²) in [5.41, 5.74) is 2.03. The van der Waals surface area contributed by atoms with Crippen LogP contribution in [0.2, 0.25) is 0 Å². The molecule has 2 fully saturated rings. The summed E-state index contributed by atoms with van der Waals surface area (Å²) in [6.07, 6.45) is 2.67. The Morgan fingerprint density at radius 1 is 1.30 bits per heavy atom. The van der Waals surface area contributed by atoms with E-state index in [1.807, 2.05) is 0 Å².